The molecule has 1 saturated heterocycles. The SMILES string of the molecule is Cc1cccc2c(Nc3cccc(Cl)c3)ncc(C(=O)N3CC(C)NC(C)C3)c12. The lowest BCUT2D eigenvalue weighted by Gasteiger charge is -2.36. The van der Waals surface area contributed by atoms with Crippen molar-refractivity contribution in [1.82, 2.24) is 15.2 Å². The molecule has 2 heterocycles. The predicted octanol–water partition coefficient (Wildman–Crippen LogP) is 4.76. The van der Waals surface area contributed by atoms with Gasteiger partial charge in [0.15, 0.2) is 0 Å². The summed E-state index contributed by atoms with van der Waals surface area (Å²) in [6.07, 6.45) is 1.70. The first kappa shape index (κ1) is 19.7. The average Bonchev–Trinajstić information content (AvgIpc) is 2.67. The van der Waals surface area contributed by atoms with Crippen molar-refractivity contribution in [3.8, 4) is 0 Å². The third-order valence-corrected chi connectivity index (χ3v) is 5.52. The second kappa shape index (κ2) is 8.01. The number of anilines is 2. The van der Waals surface area contributed by atoms with Gasteiger partial charge in [0.25, 0.3) is 5.91 Å². The molecule has 1 amide bonds. The van der Waals surface area contributed by atoms with Crippen LogP contribution in [0.1, 0.15) is 29.8 Å². The molecule has 3 aromatic rings. The van der Waals surface area contributed by atoms with Gasteiger partial charge in [0.2, 0.25) is 0 Å². The Morgan fingerprint density at radius 1 is 1.17 bits per heavy atom. The Kier molecular flexibility index (Phi) is 5.43. The molecule has 1 aliphatic rings. The summed E-state index contributed by atoms with van der Waals surface area (Å²) in [6, 6.07) is 14.1. The number of carbonyl (C=O) groups excluding carboxylic acids is 1. The second-order valence-electron chi connectivity index (χ2n) is 7.83. The van der Waals surface area contributed by atoms with E-state index in [2.05, 4.69) is 29.5 Å². The number of nitrogens with one attached hydrogen (secondary N) is 2. The minimum Gasteiger partial charge on any atom is -0.340 e. The van der Waals surface area contributed by atoms with E-state index in [1.807, 2.05) is 54.3 Å². The molecule has 4 rings (SSSR count). The van der Waals surface area contributed by atoms with E-state index < -0.39 is 0 Å². The highest BCUT2D eigenvalue weighted by molar-refractivity contribution is 6.30. The van der Waals surface area contributed by atoms with E-state index in [0.29, 0.717) is 29.5 Å². The molecule has 2 aromatic carbocycles. The maximum Gasteiger partial charge on any atom is 0.256 e. The maximum absolute atomic E-state index is 13.4. The molecule has 2 N–H and O–H groups in total. The first-order valence-corrected chi connectivity index (χ1v) is 10.3. The van der Waals surface area contributed by atoms with Crippen LogP contribution < -0.4 is 10.6 Å². The summed E-state index contributed by atoms with van der Waals surface area (Å²) in [6.45, 7) is 7.63. The van der Waals surface area contributed by atoms with E-state index in [1.54, 1.807) is 6.20 Å². The number of rotatable bonds is 3. The topological polar surface area (TPSA) is 57.3 Å². The zero-order valence-corrected chi connectivity index (χ0v) is 17.6. The Balaban J connectivity index is 1.76. The molecular weight excluding hydrogens is 384 g/mol. The normalized spacial score (nSPS) is 19.4. The van der Waals surface area contributed by atoms with Gasteiger partial charge < -0.3 is 15.5 Å². The van der Waals surface area contributed by atoms with Crippen LogP contribution in [0.25, 0.3) is 10.8 Å². The first-order valence-electron chi connectivity index (χ1n) is 9.88. The molecule has 2 unspecified atom stereocenters. The number of aromatic nitrogens is 1. The lowest BCUT2D eigenvalue weighted by atomic mass is 10.00. The van der Waals surface area contributed by atoms with Crippen LogP contribution in [-0.4, -0.2) is 41.0 Å². The summed E-state index contributed by atoms with van der Waals surface area (Å²) in [5.41, 5.74) is 2.56. The summed E-state index contributed by atoms with van der Waals surface area (Å²) in [7, 11) is 0. The smallest absolute Gasteiger partial charge is 0.256 e. The second-order valence-corrected chi connectivity index (χ2v) is 8.27. The summed E-state index contributed by atoms with van der Waals surface area (Å²) in [5.74, 6) is 0.746. The van der Waals surface area contributed by atoms with Gasteiger partial charge >= 0.3 is 0 Å². The van der Waals surface area contributed by atoms with Crippen molar-refractivity contribution < 1.29 is 4.79 Å². The maximum atomic E-state index is 13.4. The number of aryl methyl sites for hydroxylation is 1. The third kappa shape index (κ3) is 4.07. The number of nitrogens with zero attached hydrogens (tertiary/aromatic N) is 2. The number of piperazine rings is 1. The fourth-order valence-corrected chi connectivity index (χ4v) is 4.30. The van der Waals surface area contributed by atoms with Crippen molar-refractivity contribution >= 4 is 39.8 Å². The molecule has 5 nitrogen and oxygen atoms in total. The molecule has 29 heavy (non-hydrogen) atoms. The monoisotopic (exact) mass is 408 g/mol. The Morgan fingerprint density at radius 3 is 2.62 bits per heavy atom. The fourth-order valence-electron chi connectivity index (χ4n) is 4.11. The van der Waals surface area contributed by atoms with Gasteiger partial charge in [0.05, 0.1) is 5.56 Å². The zero-order valence-electron chi connectivity index (χ0n) is 16.9. The van der Waals surface area contributed by atoms with Gasteiger partial charge in [-0.15, -0.1) is 0 Å². The third-order valence-electron chi connectivity index (χ3n) is 5.28. The average molecular weight is 409 g/mol. The largest absolute Gasteiger partial charge is 0.340 e. The minimum atomic E-state index is 0.0336. The first-order chi connectivity index (χ1) is 13.9. The highest BCUT2D eigenvalue weighted by Crippen LogP contribution is 2.31. The standard InChI is InChI=1S/C23H25ClN4O/c1-14-6-4-9-19-21(14)20(23(29)28-12-15(2)26-16(3)13-28)11-25-22(19)27-18-8-5-7-17(24)10-18/h4-11,15-16,26H,12-13H2,1-3H3,(H,25,27). The predicted molar refractivity (Wildman–Crippen MR) is 119 cm³/mol. The molecule has 1 aliphatic heterocycles. The highest BCUT2D eigenvalue weighted by atomic mass is 35.5. The van der Waals surface area contributed by atoms with Crippen LogP contribution in [0, 0.1) is 6.92 Å². The van der Waals surface area contributed by atoms with Gasteiger partial charge in [-0.1, -0.05) is 35.9 Å². The van der Waals surface area contributed by atoms with Crippen LogP contribution in [0.3, 0.4) is 0 Å². The van der Waals surface area contributed by atoms with E-state index in [4.69, 9.17) is 11.6 Å². The number of benzene rings is 2. The molecule has 0 spiro atoms. The molecule has 150 valence electrons. The number of halogens is 1. The van der Waals surface area contributed by atoms with Crippen molar-refractivity contribution in [3.63, 3.8) is 0 Å². The Hall–Kier alpha value is -2.63. The van der Waals surface area contributed by atoms with E-state index >= 15 is 0 Å². The Morgan fingerprint density at radius 2 is 1.90 bits per heavy atom. The number of pyridine rings is 1. The summed E-state index contributed by atoms with van der Waals surface area (Å²) in [5, 5.41) is 9.34. The van der Waals surface area contributed by atoms with Crippen LogP contribution in [0.5, 0.6) is 0 Å². The van der Waals surface area contributed by atoms with E-state index in [9.17, 15) is 4.79 Å². The number of hydrogen-bond acceptors (Lipinski definition) is 4. The Bertz CT molecular complexity index is 1060. The number of hydrogen-bond donors (Lipinski definition) is 2. The number of fused-ring (bicyclic) bond motifs is 1. The van der Waals surface area contributed by atoms with Gasteiger partial charge in [0.1, 0.15) is 5.82 Å². The van der Waals surface area contributed by atoms with Gasteiger partial charge in [0, 0.05) is 52.9 Å². The molecule has 0 bridgehead atoms. The highest BCUT2D eigenvalue weighted by Gasteiger charge is 2.27. The van der Waals surface area contributed by atoms with Gasteiger partial charge in [-0.3, -0.25) is 4.79 Å². The molecule has 0 saturated carbocycles. The minimum absolute atomic E-state index is 0.0336. The van der Waals surface area contributed by atoms with Gasteiger partial charge in [-0.05, 0) is 44.5 Å². The number of carbonyl (C=O) groups is 1. The van der Waals surface area contributed by atoms with E-state index in [0.717, 1.165) is 22.0 Å². The van der Waals surface area contributed by atoms with Gasteiger partial charge in [-0.25, -0.2) is 4.98 Å². The van der Waals surface area contributed by atoms with Crippen LogP contribution in [0.2, 0.25) is 5.02 Å². The van der Waals surface area contributed by atoms with Crippen LogP contribution in [0.15, 0.2) is 48.7 Å². The molecular formula is C23H25ClN4O. The number of amides is 1. The van der Waals surface area contributed by atoms with Crippen LogP contribution in [-0.2, 0) is 0 Å². The summed E-state index contributed by atoms with van der Waals surface area (Å²) < 4.78 is 0. The van der Waals surface area contributed by atoms with Crippen molar-refractivity contribution in [1.29, 1.82) is 0 Å². The lowest BCUT2D eigenvalue weighted by molar-refractivity contribution is 0.0675. The van der Waals surface area contributed by atoms with Crippen molar-refractivity contribution in [3.05, 3.63) is 64.8 Å². The van der Waals surface area contributed by atoms with Gasteiger partial charge in [-0.2, -0.15) is 0 Å². The molecule has 1 fully saturated rings. The molecule has 1 aromatic heterocycles. The fraction of sp³-hybridized carbons (Fsp3) is 0.304. The zero-order chi connectivity index (χ0) is 20.5. The molecule has 0 radical (unpaired) electrons. The molecule has 0 aliphatic carbocycles. The van der Waals surface area contributed by atoms with E-state index in [-0.39, 0.29) is 18.0 Å². The van der Waals surface area contributed by atoms with Crippen LogP contribution in [0.4, 0.5) is 11.5 Å². The van der Waals surface area contributed by atoms with Crippen molar-refractivity contribution in [2.45, 2.75) is 32.9 Å². The van der Waals surface area contributed by atoms with Crippen LogP contribution >= 0.6 is 11.6 Å². The Labute approximate surface area is 176 Å². The molecule has 2 atom stereocenters. The quantitative estimate of drug-likeness (QED) is 0.655. The summed E-state index contributed by atoms with van der Waals surface area (Å²) in [4.78, 5) is 19.9. The lowest BCUT2D eigenvalue weighted by Crippen LogP contribution is -2.55. The van der Waals surface area contributed by atoms with Crippen molar-refractivity contribution in [2.75, 3.05) is 18.4 Å². The van der Waals surface area contributed by atoms with E-state index in [1.165, 1.54) is 0 Å². The summed E-state index contributed by atoms with van der Waals surface area (Å²) >= 11 is 6.12. The molecule has 6 heteroatoms. The van der Waals surface area contributed by atoms with Crippen molar-refractivity contribution in [2.24, 2.45) is 0 Å².